The number of aliphatic hydroxyl groups is 1. The summed E-state index contributed by atoms with van der Waals surface area (Å²) in [6.07, 6.45) is 3.82. The van der Waals surface area contributed by atoms with Gasteiger partial charge in [0.15, 0.2) is 0 Å². The molecule has 0 spiro atoms. The van der Waals surface area contributed by atoms with Crippen LogP contribution in [0.1, 0.15) is 48.4 Å². The summed E-state index contributed by atoms with van der Waals surface area (Å²) in [6.45, 7) is 0.770. The predicted octanol–water partition coefficient (Wildman–Crippen LogP) is 3.14. The maximum Gasteiger partial charge on any atom is 0.208 e. The minimum Gasteiger partial charge on any atom is -0.444 e. The van der Waals surface area contributed by atoms with Crippen LogP contribution in [-0.2, 0) is 6.54 Å². The molecule has 1 aliphatic carbocycles. The first-order valence-electron chi connectivity index (χ1n) is 7.92. The van der Waals surface area contributed by atoms with Crippen LogP contribution in [0.15, 0.2) is 28.8 Å². The van der Waals surface area contributed by atoms with E-state index >= 15 is 0 Å². The van der Waals surface area contributed by atoms with Crippen molar-refractivity contribution >= 4 is 0 Å². The molecule has 1 saturated heterocycles. The van der Waals surface area contributed by atoms with Gasteiger partial charge in [0.2, 0.25) is 5.89 Å². The van der Waals surface area contributed by atoms with Gasteiger partial charge in [0.1, 0.15) is 17.4 Å². The molecule has 6 heteroatoms. The highest BCUT2D eigenvalue weighted by molar-refractivity contribution is 5.24. The molecule has 1 aromatic heterocycles. The van der Waals surface area contributed by atoms with Gasteiger partial charge in [-0.1, -0.05) is 0 Å². The summed E-state index contributed by atoms with van der Waals surface area (Å²) in [5, 5.41) is 9.96. The lowest BCUT2D eigenvalue weighted by molar-refractivity contribution is 0.166. The number of β-amino-alcohol motifs (C(OH)–C–C–N with tert-alkyl or cyclic N) is 1. The van der Waals surface area contributed by atoms with Crippen molar-refractivity contribution < 1.29 is 18.3 Å². The van der Waals surface area contributed by atoms with Crippen molar-refractivity contribution in [2.75, 3.05) is 6.54 Å². The van der Waals surface area contributed by atoms with Crippen LogP contribution in [0.3, 0.4) is 0 Å². The van der Waals surface area contributed by atoms with Gasteiger partial charge >= 0.3 is 0 Å². The van der Waals surface area contributed by atoms with Crippen LogP contribution in [0.4, 0.5) is 8.78 Å². The van der Waals surface area contributed by atoms with Gasteiger partial charge in [-0.3, -0.25) is 4.90 Å². The van der Waals surface area contributed by atoms with E-state index in [0.29, 0.717) is 31.3 Å². The third-order valence-corrected chi connectivity index (χ3v) is 4.59. The van der Waals surface area contributed by atoms with E-state index in [0.717, 1.165) is 30.7 Å². The molecular weight excluding hydrogens is 302 g/mol. The lowest BCUT2D eigenvalue weighted by atomic mass is 10.0. The fraction of sp³-hybridized carbons (Fsp3) is 0.471. The number of rotatable bonds is 4. The molecule has 2 heterocycles. The number of likely N-dealkylation sites (tertiary alicyclic amines) is 1. The van der Waals surface area contributed by atoms with E-state index < -0.39 is 17.7 Å². The third-order valence-electron chi connectivity index (χ3n) is 4.59. The van der Waals surface area contributed by atoms with Crippen molar-refractivity contribution in [3.63, 3.8) is 0 Å². The number of aliphatic hydroxyl groups excluding tert-OH is 1. The Morgan fingerprint density at radius 1 is 1.30 bits per heavy atom. The first kappa shape index (κ1) is 14.8. The van der Waals surface area contributed by atoms with E-state index in [1.807, 2.05) is 4.90 Å². The topological polar surface area (TPSA) is 49.5 Å². The number of hydrogen-bond acceptors (Lipinski definition) is 4. The summed E-state index contributed by atoms with van der Waals surface area (Å²) in [7, 11) is 0. The van der Waals surface area contributed by atoms with Crippen molar-refractivity contribution in [1.29, 1.82) is 0 Å². The molecule has 1 aromatic carbocycles. The second-order valence-corrected chi connectivity index (χ2v) is 6.43. The summed E-state index contributed by atoms with van der Waals surface area (Å²) < 4.78 is 33.3. The molecule has 4 nitrogen and oxygen atoms in total. The zero-order chi connectivity index (χ0) is 16.0. The van der Waals surface area contributed by atoms with Crippen molar-refractivity contribution in [3.8, 4) is 0 Å². The van der Waals surface area contributed by atoms with Crippen LogP contribution < -0.4 is 0 Å². The fourth-order valence-electron chi connectivity index (χ4n) is 3.28. The average molecular weight is 320 g/mol. The highest BCUT2D eigenvalue weighted by atomic mass is 19.1. The summed E-state index contributed by atoms with van der Waals surface area (Å²) >= 11 is 0. The molecule has 2 atom stereocenters. The SMILES string of the molecule is O[C@@H]1C[C@@H](c2cc(F)ccc2F)N(Cc2ncc(C3CC3)o2)C1. The second-order valence-electron chi connectivity index (χ2n) is 6.43. The van der Waals surface area contributed by atoms with Gasteiger partial charge in [0.25, 0.3) is 0 Å². The molecule has 0 radical (unpaired) electrons. The Morgan fingerprint density at radius 2 is 2.13 bits per heavy atom. The number of oxazole rings is 1. The van der Waals surface area contributed by atoms with E-state index in [-0.39, 0.29) is 11.6 Å². The summed E-state index contributed by atoms with van der Waals surface area (Å²) in [5.74, 6) is 1.00. The minimum atomic E-state index is -0.569. The van der Waals surface area contributed by atoms with Crippen molar-refractivity contribution in [3.05, 3.63) is 53.2 Å². The van der Waals surface area contributed by atoms with Crippen LogP contribution in [-0.4, -0.2) is 27.6 Å². The maximum atomic E-state index is 14.1. The van der Waals surface area contributed by atoms with Gasteiger partial charge in [-0.2, -0.15) is 0 Å². The van der Waals surface area contributed by atoms with Crippen LogP contribution in [0.25, 0.3) is 0 Å². The molecule has 4 rings (SSSR count). The molecule has 1 aliphatic heterocycles. The Kier molecular flexibility index (Phi) is 3.66. The van der Waals surface area contributed by atoms with Gasteiger partial charge in [0.05, 0.1) is 18.8 Å². The maximum absolute atomic E-state index is 14.1. The lowest BCUT2D eigenvalue weighted by Crippen LogP contribution is -2.25. The van der Waals surface area contributed by atoms with E-state index in [9.17, 15) is 13.9 Å². The highest BCUT2D eigenvalue weighted by Crippen LogP contribution is 2.41. The zero-order valence-corrected chi connectivity index (χ0v) is 12.6. The molecule has 1 saturated carbocycles. The standard InChI is InChI=1S/C17H18F2N2O2/c18-11-3-4-14(19)13(5-11)15-6-12(22)8-21(15)9-17-20-7-16(23-17)10-1-2-10/h3-5,7,10,12,15,22H,1-2,6,8-9H2/t12-,15+/m1/s1. The molecule has 0 unspecified atom stereocenters. The highest BCUT2D eigenvalue weighted by Gasteiger charge is 2.35. The Hall–Kier alpha value is -1.79. The summed E-state index contributed by atoms with van der Waals surface area (Å²) in [4.78, 5) is 6.17. The Bertz CT molecular complexity index is 714. The zero-order valence-electron chi connectivity index (χ0n) is 12.6. The van der Waals surface area contributed by atoms with E-state index in [2.05, 4.69) is 4.98 Å². The fourth-order valence-corrected chi connectivity index (χ4v) is 3.28. The molecule has 23 heavy (non-hydrogen) atoms. The molecule has 1 N–H and O–H groups in total. The normalized spacial score (nSPS) is 25.2. The van der Waals surface area contributed by atoms with Gasteiger partial charge in [-0.05, 0) is 37.5 Å². The molecule has 2 aromatic rings. The summed E-state index contributed by atoms with van der Waals surface area (Å²) in [5.41, 5.74) is 0.274. The first-order valence-corrected chi connectivity index (χ1v) is 7.92. The molecular formula is C17H18F2N2O2. The Morgan fingerprint density at radius 3 is 2.91 bits per heavy atom. The number of aromatic nitrogens is 1. The number of nitrogens with zero attached hydrogens (tertiary/aromatic N) is 2. The van der Waals surface area contributed by atoms with Crippen molar-refractivity contribution in [2.24, 2.45) is 0 Å². The van der Waals surface area contributed by atoms with Gasteiger partial charge in [-0.25, -0.2) is 13.8 Å². The molecule has 2 fully saturated rings. The van der Waals surface area contributed by atoms with E-state index in [4.69, 9.17) is 4.42 Å². The monoisotopic (exact) mass is 320 g/mol. The van der Waals surface area contributed by atoms with E-state index in [1.165, 1.54) is 6.07 Å². The van der Waals surface area contributed by atoms with Crippen LogP contribution in [0.5, 0.6) is 0 Å². The Balaban J connectivity index is 1.56. The second kappa shape index (κ2) is 5.69. The van der Waals surface area contributed by atoms with Gasteiger partial charge in [-0.15, -0.1) is 0 Å². The van der Waals surface area contributed by atoms with Crippen molar-refractivity contribution in [1.82, 2.24) is 9.88 Å². The average Bonchev–Trinajstić information content (AvgIpc) is 3.16. The predicted molar refractivity (Wildman–Crippen MR) is 78.6 cm³/mol. The Labute approximate surface area is 132 Å². The third kappa shape index (κ3) is 3.01. The first-order chi connectivity index (χ1) is 11.1. The van der Waals surface area contributed by atoms with Crippen LogP contribution >= 0.6 is 0 Å². The van der Waals surface area contributed by atoms with Gasteiger partial charge in [0, 0.05) is 24.1 Å². The summed E-state index contributed by atoms with van der Waals surface area (Å²) in [6, 6.07) is 3.06. The quantitative estimate of drug-likeness (QED) is 0.940. The number of hydrogen-bond donors (Lipinski definition) is 1. The minimum absolute atomic E-state index is 0.274. The smallest absolute Gasteiger partial charge is 0.208 e. The van der Waals surface area contributed by atoms with Crippen LogP contribution in [0, 0.1) is 11.6 Å². The lowest BCUT2D eigenvalue weighted by Gasteiger charge is -2.23. The molecule has 0 amide bonds. The van der Waals surface area contributed by atoms with Crippen molar-refractivity contribution in [2.45, 2.75) is 43.9 Å². The van der Waals surface area contributed by atoms with Crippen LogP contribution in [0.2, 0.25) is 0 Å². The molecule has 122 valence electrons. The van der Waals surface area contributed by atoms with Gasteiger partial charge < -0.3 is 9.52 Å². The molecule has 2 aliphatic rings. The molecule has 0 bridgehead atoms. The largest absolute Gasteiger partial charge is 0.444 e. The number of halogens is 2. The number of benzene rings is 1. The van der Waals surface area contributed by atoms with E-state index in [1.54, 1.807) is 6.20 Å².